The molecule has 5 rings (SSSR count). The predicted molar refractivity (Wildman–Crippen MR) is 144 cm³/mol. The largest absolute Gasteiger partial charge is 0.481 e. The summed E-state index contributed by atoms with van der Waals surface area (Å²) in [6.45, 7) is 5.66. The highest BCUT2D eigenvalue weighted by Gasteiger charge is 2.52. The first-order valence-electron chi connectivity index (χ1n) is 12.5. The molecule has 6 nitrogen and oxygen atoms in total. The highest BCUT2D eigenvalue weighted by Crippen LogP contribution is 2.52. The number of carbonyl (C=O) groups excluding carboxylic acids is 1. The number of hydrogen-bond donors (Lipinski definition) is 1. The van der Waals surface area contributed by atoms with Crippen LogP contribution < -0.4 is 4.74 Å². The third-order valence-electron chi connectivity index (χ3n) is 7.03. The number of carbonyl (C=O) groups is 1. The maximum atomic E-state index is 12.7. The Labute approximate surface area is 221 Å². The smallest absolute Gasteiger partial charge is 0.344 e. The minimum Gasteiger partial charge on any atom is -0.481 e. The van der Waals surface area contributed by atoms with Crippen molar-refractivity contribution in [1.82, 2.24) is 0 Å². The molecule has 0 N–H and O–H groups in total. The van der Waals surface area contributed by atoms with E-state index < -0.39 is 39.2 Å². The molecule has 3 aromatic rings. The van der Waals surface area contributed by atoms with E-state index in [0.29, 0.717) is 12.2 Å². The van der Waals surface area contributed by atoms with Crippen molar-refractivity contribution in [1.29, 1.82) is 0 Å². The second kappa shape index (κ2) is 10.5. The van der Waals surface area contributed by atoms with Gasteiger partial charge in [0.25, 0.3) is 10.1 Å². The molecule has 0 aromatic heterocycles. The van der Waals surface area contributed by atoms with Crippen LogP contribution in [0.25, 0.3) is 0 Å². The predicted octanol–water partition coefficient (Wildman–Crippen LogP) is 5.46. The van der Waals surface area contributed by atoms with Gasteiger partial charge in [-0.2, -0.15) is 19.3 Å². The lowest BCUT2D eigenvalue weighted by molar-refractivity contribution is -0.158. The van der Waals surface area contributed by atoms with Crippen LogP contribution in [0.4, 0.5) is 0 Å². The lowest BCUT2D eigenvalue weighted by Gasteiger charge is -2.30. The molecule has 1 saturated heterocycles. The van der Waals surface area contributed by atoms with Gasteiger partial charge in [0, 0.05) is 5.92 Å². The van der Waals surface area contributed by atoms with Gasteiger partial charge in [-0.3, -0.25) is 4.18 Å². The van der Waals surface area contributed by atoms with Crippen molar-refractivity contribution in [3.8, 4) is 5.75 Å². The molecule has 2 aliphatic rings. The van der Waals surface area contributed by atoms with Gasteiger partial charge >= 0.3 is 5.97 Å². The topological polar surface area (TPSA) is 78.9 Å². The fourth-order valence-electron chi connectivity index (χ4n) is 5.49. The van der Waals surface area contributed by atoms with E-state index >= 15 is 0 Å². The van der Waals surface area contributed by atoms with E-state index in [1.807, 2.05) is 32.9 Å². The Kier molecular flexibility index (Phi) is 7.34. The van der Waals surface area contributed by atoms with Gasteiger partial charge in [-0.1, -0.05) is 43.3 Å². The van der Waals surface area contributed by atoms with Crippen LogP contribution >= 0.6 is 10.9 Å². The second-order valence-corrected chi connectivity index (χ2v) is 13.8. The van der Waals surface area contributed by atoms with Crippen molar-refractivity contribution in [2.45, 2.75) is 54.1 Å². The van der Waals surface area contributed by atoms with Crippen LogP contribution in [0.2, 0.25) is 0 Å². The molecule has 1 saturated carbocycles. The molecule has 3 aromatic carbocycles. The molecule has 2 fully saturated rings. The van der Waals surface area contributed by atoms with Gasteiger partial charge in [0.15, 0.2) is 6.61 Å². The van der Waals surface area contributed by atoms with Gasteiger partial charge in [0.2, 0.25) is 0 Å². The summed E-state index contributed by atoms with van der Waals surface area (Å²) in [4.78, 5) is 16.4. The molecule has 1 heterocycles. The number of thiol groups is 1. The molecule has 1 aliphatic heterocycles. The number of esters is 1. The lowest BCUT2D eigenvalue weighted by Crippen LogP contribution is -2.44. The summed E-state index contributed by atoms with van der Waals surface area (Å²) in [5, 5.41) is 0. The quantitative estimate of drug-likeness (QED) is 0.244. The van der Waals surface area contributed by atoms with Gasteiger partial charge in [0.1, 0.15) is 18.0 Å². The zero-order valence-corrected chi connectivity index (χ0v) is 22.9. The van der Waals surface area contributed by atoms with Crippen molar-refractivity contribution < 1.29 is 26.9 Å². The molecule has 0 amide bonds. The Morgan fingerprint density at radius 2 is 1.51 bits per heavy atom. The Morgan fingerprint density at radius 1 is 0.946 bits per heavy atom. The second-order valence-electron chi connectivity index (χ2n) is 9.92. The minimum atomic E-state index is -3.56. The molecular formula is C29H32O6S2. The van der Waals surface area contributed by atoms with Gasteiger partial charge in [-0.15, -0.1) is 0 Å². The molecule has 196 valence electrons. The Hall–Kier alpha value is -2.81. The SMILES string of the molecule is Cc1cc([SH](c2ccccc2)c2ccccc2)cc(C)c1OCC(=O)OC1C2CC(C)C1OS(=O)(=O)C2. The molecule has 1 aliphatic carbocycles. The minimum absolute atomic E-state index is 0.0159. The van der Waals surface area contributed by atoms with Crippen LogP contribution in [0.15, 0.2) is 87.5 Å². The zero-order chi connectivity index (χ0) is 26.2. The van der Waals surface area contributed by atoms with Crippen molar-refractivity contribution in [2.24, 2.45) is 11.8 Å². The molecule has 37 heavy (non-hydrogen) atoms. The summed E-state index contributed by atoms with van der Waals surface area (Å²) in [5.41, 5.74) is 1.89. The monoisotopic (exact) mass is 540 g/mol. The zero-order valence-electron chi connectivity index (χ0n) is 21.2. The van der Waals surface area contributed by atoms with Gasteiger partial charge in [-0.25, -0.2) is 4.79 Å². The first-order valence-corrected chi connectivity index (χ1v) is 15.4. The van der Waals surface area contributed by atoms with Crippen molar-refractivity contribution in [2.75, 3.05) is 12.4 Å². The normalized spacial score (nSPS) is 24.4. The van der Waals surface area contributed by atoms with E-state index in [-0.39, 0.29) is 24.2 Å². The fraction of sp³-hybridized carbons (Fsp3) is 0.345. The van der Waals surface area contributed by atoms with Crippen LogP contribution in [-0.4, -0.2) is 39.0 Å². The first-order chi connectivity index (χ1) is 17.7. The van der Waals surface area contributed by atoms with Crippen molar-refractivity contribution in [3.05, 3.63) is 83.9 Å². The summed E-state index contributed by atoms with van der Waals surface area (Å²) in [6.07, 6.45) is -0.515. The average molecular weight is 541 g/mol. The molecule has 8 heteroatoms. The number of ether oxygens (including phenoxy) is 2. The molecule has 4 unspecified atom stereocenters. The Bertz CT molecular complexity index is 1310. The maximum Gasteiger partial charge on any atom is 0.344 e. The number of aryl methyl sites for hydroxylation is 2. The summed E-state index contributed by atoms with van der Waals surface area (Å²) in [5.74, 6) is -0.188. The van der Waals surface area contributed by atoms with Crippen LogP contribution in [0.5, 0.6) is 5.75 Å². The van der Waals surface area contributed by atoms with Gasteiger partial charge < -0.3 is 9.47 Å². The van der Waals surface area contributed by atoms with Crippen LogP contribution in [0, 0.1) is 25.7 Å². The lowest BCUT2D eigenvalue weighted by atomic mass is 10.1. The highest BCUT2D eigenvalue weighted by atomic mass is 32.2. The Morgan fingerprint density at radius 3 is 2.05 bits per heavy atom. The summed E-state index contributed by atoms with van der Waals surface area (Å²) < 4.78 is 40.8. The summed E-state index contributed by atoms with van der Waals surface area (Å²) in [7, 11) is -4.31. The van der Waals surface area contributed by atoms with Crippen molar-refractivity contribution in [3.63, 3.8) is 0 Å². The number of hydrogen-bond acceptors (Lipinski definition) is 6. The highest BCUT2D eigenvalue weighted by molar-refractivity contribution is 8.17. The van der Waals surface area contributed by atoms with E-state index in [0.717, 1.165) is 11.1 Å². The maximum absolute atomic E-state index is 12.7. The number of fused-ring (bicyclic) bond motifs is 2. The average Bonchev–Trinajstić information content (AvgIpc) is 3.04. The van der Waals surface area contributed by atoms with E-state index in [1.54, 1.807) is 0 Å². The molecule has 0 spiro atoms. The van der Waals surface area contributed by atoms with E-state index in [9.17, 15) is 13.2 Å². The van der Waals surface area contributed by atoms with Crippen LogP contribution in [0.1, 0.15) is 24.5 Å². The third-order valence-corrected chi connectivity index (χ3v) is 10.8. The van der Waals surface area contributed by atoms with Crippen molar-refractivity contribution >= 4 is 27.0 Å². The standard InChI is InChI=1S/C29H32O6S2/c1-19-14-22-18-37(31,32)35-28(19)29(22)34-26(30)17-33-27-20(2)15-25(16-21(27)3)36(23-10-6-4-7-11-23)24-12-8-5-9-13-24/h4-13,15-16,19,22,28-29,36H,14,17-18H2,1-3H3. The van der Waals surface area contributed by atoms with Crippen LogP contribution in [0.3, 0.4) is 0 Å². The Balaban J connectivity index is 1.32. The number of benzene rings is 3. The molecule has 2 bridgehead atoms. The van der Waals surface area contributed by atoms with Gasteiger partial charge in [-0.05, 0) is 88.4 Å². The third kappa shape index (κ3) is 5.56. The summed E-state index contributed by atoms with van der Waals surface area (Å²) in [6, 6.07) is 25.3. The molecule has 0 radical (unpaired) electrons. The van der Waals surface area contributed by atoms with E-state index in [2.05, 4.69) is 60.7 Å². The molecule has 4 atom stereocenters. The molecular weight excluding hydrogens is 508 g/mol. The first kappa shape index (κ1) is 25.8. The van der Waals surface area contributed by atoms with E-state index in [1.165, 1.54) is 14.7 Å². The number of rotatable bonds is 7. The van der Waals surface area contributed by atoms with Gasteiger partial charge in [0.05, 0.1) is 5.75 Å². The van der Waals surface area contributed by atoms with E-state index in [4.69, 9.17) is 13.7 Å². The fourth-order valence-corrected chi connectivity index (χ4v) is 9.53. The van der Waals surface area contributed by atoms with Crippen LogP contribution in [-0.2, 0) is 23.8 Å². The summed E-state index contributed by atoms with van der Waals surface area (Å²) >= 11 is 0.